The SMILES string of the molecule is CCS(=O)(=O)C(C)(Br)C(O)c1cccc(Cl)c1. The molecule has 1 N–H and O–H groups in total. The van der Waals surface area contributed by atoms with Gasteiger partial charge in [0.15, 0.2) is 13.5 Å². The summed E-state index contributed by atoms with van der Waals surface area (Å²) in [6.45, 7) is 2.98. The average molecular weight is 342 g/mol. The van der Waals surface area contributed by atoms with Crippen molar-refractivity contribution in [3.63, 3.8) is 0 Å². The van der Waals surface area contributed by atoms with Gasteiger partial charge in [0.2, 0.25) is 0 Å². The second-order valence-electron chi connectivity index (χ2n) is 3.85. The Balaban J connectivity index is 3.17. The minimum atomic E-state index is -3.43. The number of halogens is 2. The van der Waals surface area contributed by atoms with E-state index in [1.54, 1.807) is 31.2 Å². The van der Waals surface area contributed by atoms with Crippen molar-refractivity contribution in [3.05, 3.63) is 34.9 Å². The van der Waals surface area contributed by atoms with Crippen LogP contribution in [0.5, 0.6) is 0 Å². The smallest absolute Gasteiger partial charge is 0.168 e. The Labute approximate surface area is 115 Å². The lowest BCUT2D eigenvalue weighted by atomic mass is 10.1. The fourth-order valence-electron chi connectivity index (χ4n) is 1.43. The highest BCUT2D eigenvalue weighted by Gasteiger charge is 2.42. The maximum Gasteiger partial charge on any atom is 0.168 e. The van der Waals surface area contributed by atoms with Gasteiger partial charge in [-0.3, -0.25) is 0 Å². The molecule has 0 aliphatic carbocycles. The molecule has 0 amide bonds. The topological polar surface area (TPSA) is 54.4 Å². The van der Waals surface area contributed by atoms with Gasteiger partial charge in [0.1, 0.15) is 6.10 Å². The molecule has 0 saturated heterocycles. The number of hydrogen-bond donors (Lipinski definition) is 1. The van der Waals surface area contributed by atoms with Gasteiger partial charge < -0.3 is 5.11 Å². The van der Waals surface area contributed by atoms with Gasteiger partial charge >= 0.3 is 0 Å². The van der Waals surface area contributed by atoms with Gasteiger partial charge in [-0.15, -0.1) is 0 Å². The number of hydrogen-bond acceptors (Lipinski definition) is 3. The van der Waals surface area contributed by atoms with Gasteiger partial charge in [-0.1, -0.05) is 46.6 Å². The second-order valence-corrected chi connectivity index (χ2v) is 9.11. The molecule has 96 valence electrons. The summed E-state index contributed by atoms with van der Waals surface area (Å²) in [7, 11) is -3.43. The summed E-state index contributed by atoms with van der Waals surface area (Å²) >= 11 is 8.92. The number of alkyl halides is 1. The molecule has 0 heterocycles. The van der Waals surface area contributed by atoms with E-state index in [4.69, 9.17) is 11.6 Å². The highest BCUT2D eigenvalue weighted by atomic mass is 79.9. The van der Waals surface area contributed by atoms with E-state index in [1.165, 1.54) is 6.92 Å². The lowest BCUT2D eigenvalue weighted by Crippen LogP contribution is -2.36. The Morgan fingerprint density at radius 2 is 2.12 bits per heavy atom. The molecular weight excluding hydrogens is 328 g/mol. The van der Waals surface area contributed by atoms with Crippen LogP contribution in [0.25, 0.3) is 0 Å². The molecule has 0 fully saturated rings. The molecule has 0 saturated carbocycles. The van der Waals surface area contributed by atoms with Crippen LogP contribution in [0.3, 0.4) is 0 Å². The zero-order chi connectivity index (χ0) is 13.3. The van der Waals surface area contributed by atoms with Gasteiger partial charge in [-0.05, 0) is 24.6 Å². The first-order valence-electron chi connectivity index (χ1n) is 5.07. The van der Waals surface area contributed by atoms with E-state index in [9.17, 15) is 13.5 Å². The molecule has 2 atom stereocenters. The molecule has 1 aromatic rings. The second kappa shape index (κ2) is 5.26. The first-order valence-corrected chi connectivity index (χ1v) is 7.89. The van der Waals surface area contributed by atoms with Crippen LogP contribution >= 0.6 is 27.5 Å². The van der Waals surface area contributed by atoms with Gasteiger partial charge in [-0.25, -0.2) is 8.42 Å². The molecule has 6 heteroatoms. The van der Waals surface area contributed by atoms with Crippen molar-refractivity contribution in [2.24, 2.45) is 0 Å². The van der Waals surface area contributed by atoms with Crippen LogP contribution < -0.4 is 0 Å². The van der Waals surface area contributed by atoms with E-state index in [0.29, 0.717) is 10.6 Å². The summed E-state index contributed by atoms with van der Waals surface area (Å²) < 4.78 is 22.3. The van der Waals surface area contributed by atoms with Gasteiger partial charge in [0.05, 0.1) is 0 Å². The lowest BCUT2D eigenvalue weighted by Gasteiger charge is -2.28. The highest BCUT2D eigenvalue weighted by Crippen LogP contribution is 2.39. The van der Waals surface area contributed by atoms with Crippen molar-refractivity contribution >= 4 is 37.4 Å². The Hall–Kier alpha value is -0.100. The fourth-order valence-corrected chi connectivity index (χ4v) is 3.62. The minimum absolute atomic E-state index is 0.0492. The molecule has 0 aliphatic rings. The third-order valence-electron chi connectivity index (χ3n) is 2.64. The van der Waals surface area contributed by atoms with Crippen LogP contribution in [-0.4, -0.2) is 22.9 Å². The standard InChI is InChI=1S/C11H14BrClO3S/c1-3-17(15,16)11(2,12)10(14)8-5-4-6-9(13)7-8/h4-7,10,14H,3H2,1-2H3. The summed E-state index contributed by atoms with van der Waals surface area (Å²) in [6.07, 6.45) is -1.17. The summed E-state index contributed by atoms with van der Waals surface area (Å²) in [5.74, 6) is -0.0492. The average Bonchev–Trinajstić information content (AvgIpc) is 2.27. The quantitative estimate of drug-likeness (QED) is 0.857. The third-order valence-corrected chi connectivity index (χ3v) is 6.99. The fraction of sp³-hybridized carbons (Fsp3) is 0.455. The molecule has 2 unspecified atom stereocenters. The molecule has 0 spiro atoms. The third kappa shape index (κ3) is 3.02. The van der Waals surface area contributed by atoms with Crippen molar-refractivity contribution in [1.82, 2.24) is 0 Å². The van der Waals surface area contributed by atoms with E-state index >= 15 is 0 Å². The van der Waals surface area contributed by atoms with Crippen LogP contribution in [0.15, 0.2) is 24.3 Å². The minimum Gasteiger partial charge on any atom is -0.386 e. The molecule has 0 radical (unpaired) electrons. The van der Waals surface area contributed by atoms with E-state index in [-0.39, 0.29) is 5.75 Å². The van der Waals surface area contributed by atoms with Crippen molar-refractivity contribution in [2.75, 3.05) is 5.75 Å². The molecule has 1 aromatic carbocycles. The maximum atomic E-state index is 11.9. The molecule has 17 heavy (non-hydrogen) atoms. The number of benzene rings is 1. The van der Waals surface area contributed by atoms with E-state index in [2.05, 4.69) is 15.9 Å². The zero-order valence-corrected chi connectivity index (χ0v) is 12.7. The largest absolute Gasteiger partial charge is 0.386 e. The van der Waals surface area contributed by atoms with E-state index < -0.39 is 19.6 Å². The number of rotatable bonds is 4. The van der Waals surface area contributed by atoms with E-state index in [1.807, 2.05) is 0 Å². The predicted molar refractivity (Wildman–Crippen MR) is 73.2 cm³/mol. The van der Waals surface area contributed by atoms with Crippen molar-refractivity contribution in [1.29, 1.82) is 0 Å². The Morgan fingerprint density at radius 1 is 1.53 bits per heavy atom. The molecule has 0 aromatic heterocycles. The maximum absolute atomic E-state index is 11.9. The number of sulfone groups is 1. The van der Waals surface area contributed by atoms with Crippen LogP contribution in [0, 0.1) is 0 Å². The van der Waals surface area contributed by atoms with Crippen LogP contribution in [-0.2, 0) is 9.84 Å². The van der Waals surface area contributed by atoms with Gasteiger partial charge in [-0.2, -0.15) is 0 Å². The molecular formula is C11H14BrClO3S. The van der Waals surface area contributed by atoms with Gasteiger partial charge in [0, 0.05) is 10.8 Å². The zero-order valence-electron chi connectivity index (χ0n) is 9.52. The summed E-state index contributed by atoms with van der Waals surface area (Å²) in [5, 5.41) is 10.6. The molecule has 0 bridgehead atoms. The van der Waals surface area contributed by atoms with Crippen molar-refractivity contribution in [3.8, 4) is 0 Å². The number of aliphatic hydroxyl groups excluding tert-OH is 1. The first-order chi connectivity index (χ1) is 7.72. The monoisotopic (exact) mass is 340 g/mol. The van der Waals surface area contributed by atoms with Crippen LogP contribution in [0.1, 0.15) is 25.5 Å². The Kier molecular flexibility index (Phi) is 4.63. The first kappa shape index (κ1) is 15.0. The van der Waals surface area contributed by atoms with Crippen molar-refractivity contribution in [2.45, 2.75) is 23.6 Å². The normalized spacial score (nSPS) is 17.5. The lowest BCUT2D eigenvalue weighted by molar-refractivity contribution is 0.167. The Morgan fingerprint density at radius 3 is 2.59 bits per heavy atom. The van der Waals surface area contributed by atoms with Gasteiger partial charge in [0.25, 0.3) is 0 Å². The summed E-state index contributed by atoms with van der Waals surface area (Å²) in [6, 6.07) is 6.53. The Bertz CT molecular complexity index is 499. The highest BCUT2D eigenvalue weighted by molar-refractivity contribution is 9.11. The molecule has 1 rings (SSSR count). The summed E-state index contributed by atoms with van der Waals surface area (Å²) in [5.41, 5.74) is 0.467. The molecule has 0 aliphatic heterocycles. The van der Waals surface area contributed by atoms with Crippen LogP contribution in [0.2, 0.25) is 5.02 Å². The summed E-state index contributed by atoms with van der Waals surface area (Å²) in [4.78, 5) is 0. The predicted octanol–water partition coefficient (Wildman–Crippen LogP) is 2.92. The van der Waals surface area contributed by atoms with Crippen LogP contribution in [0.4, 0.5) is 0 Å². The number of aliphatic hydroxyl groups is 1. The van der Waals surface area contributed by atoms with E-state index in [0.717, 1.165) is 0 Å². The molecule has 3 nitrogen and oxygen atoms in total. The van der Waals surface area contributed by atoms with Crippen molar-refractivity contribution < 1.29 is 13.5 Å².